The van der Waals surface area contributed by atoms with E-state index in [1.807, 2.05) is 0 Å². The minimum absolute atomic E-state index is 0.0893. The second kappa shape index (κ2) is 6.36. The van der Waals surface area contributed by atoms with Crippen LogP contribution in [0.4, 0.5) is 0 Å². The van der Waals surface area contributed by atoms with E-state index < -0.39 is 22.0 Å². The zero-order valence-corrected chi connectivity index (χ0v) is 10.4. The maximum atomic E-state index is 12.0. The van der Waals surface area contributed by atoms with Crippen LogP contribution in [-0.4, -0.2) is 41.4 Å². The van der Waals surface area contributed by atoms with Gasteiger partial charge in [0.25, 0.3) is 0 Å². The van der Waals surface area contributed by atoms with Crippen molar-refractivity contribution < 1.29 is 23.6 Å². The predicted octanol–water partition coefficient (Wildman–Crippen LogP) is 0.902. The summed E-state index contributed by atoms with van der Waals surface area (Å²) in [6, 6.07) is 6.44. The smallest absolute Gasteiger partial charge is 0.322 e. The zero-order chi connectivity index (χ0) is 12.8. The lowest BCUT2D eigenvalue weighted by Gasteiger charge is -2.11. The maximum absolute atomic E-state index is 12.0. The number of hydrogen-bond acceptors (Lipinski definition) is 4. The number of aliphatic carboxylic acids is 1. The minimum atomic E-state index is -1.64. The SMILES string of the molecule is COCC(C(=O)O)S(=O)c1ccc(OC)cc1. The summed E-state index contributed by atoms with van der Waals surface area (Å²) in [5.41, 5.74) is 0. The Balaban J connectivity index is 2.89. The number of rotatable bonds is 6. The monoisotopic (exact) mass is 258 g/mol. The van der Waals surface area contributed by atoms with Gasteiger partial charge in [-0.05, 0) is 24.3 Å². The summed E-state index contributed by atoms with van der Waals surface area (Å²) < 4.78 is 21.7. The molecule has 1 aromatic carbocycles. The van der Waals surface area contributed by atoms with Gasteiger partial charge in [-0.2, -0.15) is 0 Å². The largest absolute Gasteiger partial charge is 0.497 e. The van der Waals surface area contributed by atoms with Gasteiger partial charge in [-0.15, -0.1) is 0 Å². The van der Waals surface area contributed by atoms with Gasteiger partial charge in [-0.3, -0.25) is 9.00 Å². The van der Waals surface area contributed by atoms with Crippen molar-refractivity contribution in [2.75, 3.05) is 20.8 Å². The summed E-state index contributed by atoms with van der Waals surface area (Å²) >= 11 is 0. The van der Waals surface area contributed by atoms with Crippen LogP contribution in [0.15, 0.2) is 29.2 Å². The van der Waals surface area contributed by atoms with Gasteiger partial charge in [0.05, 0.1) is 24.5 Å². The molecule has 1 N–H and O–H groups in total. The molecule has 1 aromatic rings. The van der Waals surface area contributed by atoms with Crippen LogP contribution >= 0.6 is 0 Å². The quantitative estimate of drug-likeness (QED) is 0.820. The highest BCUT2D eigenvalue weighted by molar-refractivity contribution is 7.86. The Hall–Kier alpha value is -1.40. The maximum Gasteiger partial charge on any atom is 0.322 e. The lowest BCUT2D eigenvalue weighted by molar-refractivity contribution is -0.137. The molecule has 6 heteroatoms. The van der Waals surface area contributed by atoms with E-state index >= 15 is 0 Å². The number of hydrogen-bond donors (Lipinski definition) is 1. The molecular weight excluding hydrogens is 244 g/mol. The van der Waals surface area contributed by atoms with E-state index in [9.17, 15) is 9.00 Å². The third-order valence-corrected chi connectivity index (χ3v) is 3.73. The fraction of sp³-hybridized carbons (Fsp3) is 0.364. The molecule has 5 nitrogen and oxygen atoms in total. The Kier molecular flexibility index (Phi) is 5.11. The van der Waals surface area contributed by atoms with Crippen molar-refractivity contribution in [1.29, 1.82) is 0 Å². The molecule has 2 unspecified atom stereocenters. The van der Waals surface area contributed by atoms with E-state index in [2.05, 4.69) is 0 Å². The van der Waals surface area contributed by atoms with Gasteiger partial charge < -0.3 is 14.6 Å². The van der Waals surface area contributed by atoms with Crippen LogP contribution in [0, 0.1) is 0 Å². The third-order valence-electron chi connectivity index (χ3n) is 2.14. The lowest BCUT2D eigenvalue weighted by Crippen LogP contribution is -2.30. The van der Waals surface area contributed by atoms with Crippen molar-refractivity contribution in [3.05, 3.63) is 24.3 Å². The Labute approximate surface area is 102 Å². The highest BCUT2D eigenvalue weighted by Crippen LogP contribution is 2.17. The first-order chi connectivity index (χ1) is 8.10. The highest BCUT2D eigenvalue weighted by atomic mass is 32.2. The van der Waals surface area contributed by atoms with E-state index in [0.29, 0.717) is 10.6 Å². The van der Waals surface area contributed by atoms with Gasteiger partial charge in [-0.25, -0.2) is 0 Å². The molecule has 0 heterocycles. The standard InChI is InChI=1S/C11H14O5S/c1-15-7-10(11(12)13)17(14)9-5-3-8(16-2)4-6-9/h3-6,10H,7H2,1-2H3,(H,12,13). The Morgan fingerprint density at radius 1 is 1.35 bits per heavy atom. The van der Waals surface area contributed by atoms with Crippen LogP contribution in [0.1, 0.15) is 0 Å². The molecule has 17 heavy (non-hydrogen) atoms. The molecule has 0 saturated heterocycles. The summed E-state index contributed by atoms with van der Waals surface area (Å²) in [7, 11) is 1.26. The first kappa shape index (κ1) is 13.7. The minimum Gasteiger partial charge on any atom is -0.497 e. The van der Waals surface area contributed by atoms with Crippen molar-refractivity contribution in [3.63, 3.8) is 0 Å². The normalized spacial score (nSPS) is 14.0. The van der Waals surface area contributed by atoms with E-state index in [0.717, 1.165) is 0 Å². The molecule has 0 radical (unpaired) electrons. The molecule has 0 aromatic heterocycles. The topological polar surface area (TPSA) is 72.8 Å². The summed E-state index contributed by atoms with van der Waals surface area (Å²) in [6.07, 6.45) is 0. The molecule has 0 saturated carbocycles. The number of carboxylic acids is 1. The van der Waals surface area contributed by atoms with Crippen molar-refractivity contribution in [2.45, 2.75) is 10.1 Å². The molecule has 0 fully saturated rings. The summed E-state index contributed by atoms with van der Waals surface area (Å²) in [5, 5.41) is 7.88. The van der Waals surface area contributed by atoms with Crippen LogP contribution in [0.2, 0.25) is 0 Å². The van der Waals surface area contributed by atoms with Gasteiger partial charge >= 0.3 is 5.97 Å². The van der Waals surface area contributed by atoms with Gasteiger partial charge in [0.1, 0.15) is 5.75 Å². The summed E-state index contributed by atoms with van der Waals surface area (Å²) in [5.74, 6) is -0.509. The number of benzene rings is 1. The summed E-state index contributed by atoms with van der Waals surface area (Å²) in [4.78, 5) is 11.4. The molecule has 2 atom stereocenters. The molecule has 0 aliphatic rings. The number of carbonyl (C=O) groups is 1. The van der Waals surface area contributed by atoms with Crippen molar-refractivity contribution in [3.8, 4) is 5.75 Å². The Morgan fingerprint density at radius 2 is 1.94 bits per heavy atom. The van der Waals surface area contributed by atoms with E-state index in [-0.39, 0.29) is 6.61 Å². The number of carboxylic acid groups (broad SMARTS) is 1. The number of methoxy groups -OCH3 is 2. The van der Waals surface area contributed by atoms with Crippen molar-refractivity contribution in [1.82, 2.24) is 0 Å². The highest BCUT2D eigenvalue weighted by Gasteiger charge is 2.25. The van der Waals surface area contributed by atoms with Gasteiger partial charge in [0.2, 0.25) is 0 Å². The molecule has 1 rings (SSSR count). The average molecular weight is 258 g/mol. The first-order valence-corrected chi connectivity index (χ1v) is 6.07. The molecule has 0 amide bonds. The van der Waals surface area contributed by atoms with Gasteiger partial charge in [0.15, 0.2) is 5.25 Å². The fourth-order valence-electron chi connectivity index (χ4n) is 1.25. The van der Waals surface area contributed by atoms with Crippen LogP contribution in [0.3, 0.4) is 0 Å². The van der Waals surface area contributed by atoms with Crippen LogP contribution < -0.4 is 4.74 Å². The third kappa shape index (κ3) is 3.54. The van der Waals surface area contributed by atoms with E-state index in [1.54, 1.807) is 24.3 Å². The lowest BCUT2D eigenvalue weighted by atomic mass is 10.3. The zero-order valence-electron chi connectivity index (χ0n) is 9.58. The first-order valence-electron chi connectivity index (χ1n) is 4.86. The molecule has 0 bridgehead atoms. The molecule has 0 aliphatic heterocycles. The fourth-order valence-corrected chi connectivity index (χ4v) is 2.43. The second-order valence-electron chi connectivity index (χ2n) is 3.26. The van der Waals surface area contributed by atoms with Crippen LogP contribution in [-0.2, 0) is 20.3 Å². The van der Waals surface area contributed by atoms with Crippen LogP contribution in [0.5, 0.6) is 5.75 Å². The molecule has 0 aliphatic carbocycles. The molecular formula is C11H14O5S. The van der Waals surface area contributed by atoms with E-state index in [4.69, 9.17) is 14.6 Å². The molecule has 94 valence electrons. The Bertz CT molecular complexity index is 401. The van der Waals surface area contributed by atoms with Gasteiger partial charge in [-0.1, -0.05) is 0 Å². The van der Waals surface area contributed by atoms with E-state index in [1.165, 1.54) is 14.2 Å². The van der Waals surface area contributed by atoms with Gasteiger partial charge in [0, 0.05) is 12.0 Å². The average Bonchev–Trinajstić information content (AvgIpc) is 2.35. The predicted molar refractivity (Wildman–Crippen MR) is 62.7 cm³/mol. The van der Waals surface area contributed by atoms with Crippen molar-refractivity contribution >= 4 is 16.8 Å². The Morgan fingerprint density at radius 3 is 2.35 bits per heavy atom. The van der Waals surface area contributed by atoms with Crippen molar-refractivity contribution in [2.24, 2.45) is 0 Å². The second-order valence-corrected chi connectivity index (χ2v) is 4.89. The number of ether oxygens (including phenoxy) is 2. The summed E-state index contributed by atoms with van der Waals surface area (Å²) in [6.45, 7) is -0.0893. The van der Waals surface area contributed by atoms with Crippen LogP contribution in [0.25, 0.3) is 0 Å². The molecule has 0 spiro atoms.